The number of nitrogens with zero attached hydrogens (tertiary/aromatic N) is 3. The molecule has 0 aliphatic heterocycles. The fourth-order valence-electron chi connectivity index (χ4n) is 2.82. The van der Waals surface area contributed by atoms with Gasteiger partial charge in [-0.2, -0.15) is 0 Å². The van der Waals surface area contributed by atoms with Crippen molar-refractivity contribution in [3.05, 3.63) is 90.2 Å². The van der Waals surface area contributed by atoms with Crippen molar-refractivity contribution in [3.63, 3.8) is 0 Å². The van der Waals surface area contributed by atoms with Crippen molar-refractivity contribution < 1.29 is 9.21 Å². The number of benzene rings is 2. The number of amides is 1. The fourth-order valence-corrected chi connectivity index (χ4v) is 2.82. The van der Waals surface area contributed by atoms with Crippen LogP contribution in [0.3, 0.4) is 0 Å². The van der Waals surface area contributed by atoms with E-state index < -0.39 is 0 Å². The summed E-state index contributed by atoms with van der Waals surface area (Å²) in [6.45, 7) is 2.05. The van der Waals surface area contributed by atoms with Gasteiger partial charge in [-0.15, -0.1) is 0 Å². The lowest BCUT2D eigenvalue weighted by molar-refractivity contribution is 0.0950. The Bertz CT molecular complexity index is 1090. The summed E-state index contributed by atoms with van der Waals surface area (Å²) in [6.07, 6.45) is 3.10. The van der Waals surface area contributed by atoms with E-state index in [-0.39, 0.29) is 12.5 Å². The number of aromatic nitrogens is 3. The molecule has 2 heterocycles. The minimum atomic E-state index is -0.261. The van der Waals surface area contributed by atoms with E-state index in [1.807, 2.05) is 60.7 Å². The number of hydrogen-bond acceptors (Lipinski definition) is 5. The van der Waals surface area contributed by atoms with E-state index in [9.17, 15) is 4.79 Å². The number of hydrogen-bond donors (Lipinski definition) is 1. The zero-order chi connectivity index (χ0) is 19.3. The molecule has 0 atom stereocenters. The predicted octanol–water partition coefficient (Wildman–Crippen LogP) is 4.04. The molecule has 0 saturated carbocycles. The molecule has 4 aromatic rings. The van der Waals surface area contributed by atoms with Gasteiger partial charge in [0.05, 0.1) is 23.5 Å². The number of carbonyl (C=O) groups excluding carboxylic acids is 1. The Hall–Kier alpha value is -3.80. The van der Waals surface area contributed by atoms with E-state index in [0.29, 0.717) is 28.7 Å². The SMILES string of the molecule is Cc1ncc(C(=O)NCc2coc(-c3ccccc3)n2)c(-c2ccccc2)n1. The van der Waals surface area contributed by atoms with Gasteiger partial charge >= 0.3 is 0 Å². The summed E-state index contributed by atoms with van der Waals surface area (Å²) in [5.74, 6) is 0.871. The van der Waals surface area contributed by atoms with Crippen LogP contribution >= 0.6 is 0 Å². The second-order valence-corrected chi connectivity index (χ2v) is 6.24. The van der Waals surface area contributed by atoms with E-state index >= 15 is 0 Å². The van der Waals surface area contributed by atoms with Crippen molar-refractivity contribution in [2.75, 3.05) is 0 Å². The van der Waals surface area contributed by atoms with Gasteiger partial charge in [-0.25, -0.2) is 15.0 Å². The first-order valence-electron chi connectivity index (χ1n) is 8.88. The van der Waals surface area contributed by atoms with Crippen molar-refractivity contribution in [1.29, 1.82) is 0 Å². The molecule has 4 rings (SSSR count). The first kappa shape index (κ1) is 17.6. The van der Waals surface area contributed by atoms with Crippen LogP contribution in [0.5, 0.6) is 0 Å². The van der Waals surface area contributed by atoms with Crippen LogP contribution in [0.15, 0.2) is 77.5 Å². The maximum atomic E-state index is 12.8. The number of rotatable bonds is 5. The lowest BCUT2D eigenvalue weighted by Crippen LogP contribution is -2.24. The van der Waals surface area contributed by atoms with Gasteiger partial charge in [-0.1, -0.05) is 48.5 Å². The van der Waals surface area contributed by atoms with Gasteiger partial charge in [-0.05, 0) is 19.1 Å². The van der Waals surface area contributed by atoms with Crippen LogP contribution in [0.25, 0.3) is 22.7 Å². The highest BCUT2D eigenvalue weighted by Crippen LogP contribution is 2.21. The average Bonchev–Trinajstić information content (AvgIpc) is 3.22. The van der Waals surface area contributed by atoms with Gasteiger partial charge in [0.15, 0.2) is 0 Å². The van der Waals surface area contributed by atoms with Crippen molar-refractivity contribution in [1.82, 2.24) is 20.3 Å². The van der Waals surface area contributed by atoms with Crippen molar-refractivity contribution in [2.24, 2.45) is 0 Å². The Morgan fingerprint density at radius 1 is 0.964 bits per heavy atom. The summed E-state index contributed by atoms with van der Waals surface area (Å²) >= 11 is 0. The molecular weight excluding hydrogens is 352 g/mol. The van der Waals surface area contributed by atoms with Crippen LogP contribution in [0.1, 0.15) is 21.9 Å². The normalized spacial score (nSPS) is 10.6. The first-order chi connectivity index (χ1) is 13.7. The van der Waals surface area contributed by atoms with E-state index in [0.717, 1.165) is 11.1 Å². The van der Waals surface area contributed by atoms with Crippen molar-refractivity contribution in [3.8, 4) is 22.7 Å². The summed E-state index contributed by atoms with van der Waals surface area (Å²) in [5.41, 5.74) is 3.42. The Kier molecular flexibility index (Phi) is 4.93. The quantitative estimate of drug-likeness (QED) is 0.573. The molecule has 138 valence electrons. The minimum absolute atomic E-state index is 0.247. The molecule has 6 heteroatoms. The van der Waals surface area contributed by atoms with Crippen LogP contribution in [0, 0.1) is 6.92 Å². The molecule has 1 amide bonds. The molecule has 0 bridgehead atoms. The van der Waals surface area contributed by atoms with Crippen LogP contribution in [-0.4, -0.2) is 20.9 Å². The Balaban J connectivity index is 1.52. The third-order valence-corrected chi connectivity index (χ3v) is 4.20. The molecule has 28 heavy (non-hydrogen) atoms. The van der Waals surface area contributed by atoms with E-state index in [4.69, 9.17) is 4.42 Å². The second-order valence-electron chi connectivity index (χ2n) is 6.24. The van der Waals surface area contributed by atoms with Gasteiger partial charge < -0.3 is 9.73 Å². The Morgan fingerprint density at radius 2 is 1.64 bits per heavy atom. The van der Waals surface area contributed by atoms with E-state index in [1.165, 1.54) is 0 Å². The maximum Gasteiger partial charge on any atom is 0.255 e. The molecule has 6 nitrogen and oxygen atoms in total. The molecule has 0 fully saturated rings. The summed E-state index contributed by atoms with van der Waals surface area (Å²) in [7, 11) is 0. The van der Waals surface area contributed by atoms with Gasteiger partial charge in [-0.3, -0.25) is 4.79 Å². The summed E-state index contributed by atoms with van der Waals surface area (Å²) in [6, 6.07) is 19.2. The standard InChI is InChI=1S/C22H18N4O2/c1-15-23-13-19(20(25-15)16-8-4-2-5-9-16)21(27)24-12-18-14-28-22(26-18)17-10-6-3-7-11-17/h2-11,13-14H,12H2,1H3,(H,24,27). The second kappa shape index (κ2) is 7.84. The monoisotopic (exact) mass is 370 g/mol. The number of carbonyl (C=O) groups is 1. The third kappa shape index (κ3) is 3.81. The van der Waals surface area contributed by atoms with Gasteiger partial charge in [0.1, 0.15) is 12.1 Å². The molecule has 0 unspecified atom stereocenters. The van der Waals surface area contributed by atoms with Crippen LogP contribution < -0.4 is 5.32 Å². The molecule has 0 aliphatic carbocycles. The predicted molar refractivity (Wildman–Crippen MR) is 105 cm³/mol. The number of oxazole rings is 1. The molecular formula is C22H18N4O2. The summed E-state index contributed by atoms with van der Waals surface area (Å²) in [4.78, 5) is 25.8. The van der Waals surface area contributed by atoms with Gasteiger partial charge in [0.25, 0.3) is 5.91 Å². The van der Waals surface area contributed by atoms with Crippen LogP contribution in [-0.2, 0) is 6.54 Å². The Morgan fingerprint density at radius 3 is 2.36 bits per heavy atom. The fraction of sp³-hybridized carbons (Fsp3) is 0.0909. The van der Waals surface area contributed by atoms with Gasteiger partial charge in [0, 0.05) is 17.3 Å². The molecule has 0 saturated heterocycles. The zero-order valence-corrected chi connectivity index (χ0v) is 15.3. The highest BCUT2D eigenvalue weighted by molar-refractivity contribution is 5.99. The topological polar surface area (TPSA) is 80.9 Å². The highest BCUT2D eigenvalue weighted by Gasteiger charge is 2.16. The summed E-state index contributed by atoms with van der Waals surface area (Å²) < 4.78 is 5.51. The maximum absolute atomic E-state index is 12.8. The van der Waals surface area contributed by atoms with Crippen molar-refractivity contribution in [2.45, 2.75) is 13.5 Å². The lowest BCUT2D eigenvalue weighted by Gasteiger charge is -2.09. The molecule has 0 spiro atoms. The van der Waals surface area contributed by atoms with Gasteiger partial charge in [0.2, 0.25) is 5.89 Å². The van der Waals surface area contributed by atoms with Crippen LogP contribution in [0.2, 0.25) is 0 Å². The first-order valence-corrected chi connectivity index (χ1v) is 8.88. The average molecular weight is 370 g/mol. The number of aryl methyl sites for hydroxylation is 1. The summed E-state index contributed by atoms with van der Waals surface area (Å²) in [5, 5.41) is 2.87. The molecule has 1 N–H and O–H groups in total. The smallest absolute Gasteiger partial charge is 0.255 e. The van der Waals surface area contributed by atoms with E-state index in [2.05, 4.69) is 20.3 Å². The number of nitrogens with one attached hydrogen (secondary N) is 1. The zero-order valence-electron chi connectivity index (χ0n) is 15.3. The largest absolute Gasteiger partial charge is 0.444 e. The third-order valence-electron chi connectivity index (χ3n) is 4.20. The van der Waals surface area contributed by atoms with Crippen LogP contribution in [0.4, 0.5) is 0 Å². The lowest BCUT2D eigenvalue weighted by atomic mass is 10.1. The highest BCUT2D eigenvalue weighted by atomic mass is 16.3. The molecule has 2 aromatic heterocycles. The van der Waals surface area contributed by atoms with Crippen molar-refractivity contribution >= 4 is 5.91 Å². The minimum Gasteiger partial charge on any atom is -0.444 e. The molecule has 0 radical (unpaired) electrons. The Labute approximate surface area is 162 Å². The molecule has 2 aromatic carbocycles. The van der Waals surface area contributed by atoms with E-state index in [1.54, 1.807) is 19.4 Å². The molecule has 0 aliphatic rings.